The van der Waals surface area contributed by atoms with Gasteiger partial charge in [-0.25, -0.2) is 8.42 Å². The molecule has 1 aromatic carbocycles. The Morgan fingerprint density at radius 3 is 2.22 bits per heavy atom. The normalized spacial score (nSPS) is 15.3. The van der Waals surface area contributed by atoms with E-state index in [-0.39, 0.29) is 6.04 Å². The first-order valence-corrected chi connectivity index (χ1v) is 9.38. The van der Waals surface area contributed by atoms with Crippen molar-refractivity contribution in [1.82, 2.24) is 4.31 Å². The summed E-state index contributed by atoms with van der Waals surface area (Å²) >= 11 is 0. The van der Waals surface area contributed by atoms with E-state index in [1.165, 1.54) is 0 Å². The standard InChI is InChI=1S/C18H23NO3S/c1-12-10-13(2)15(4)18(14(12)3)23(20,21)19(16-7-8-16)11-17-6-5-9-22-17/h5-6,9-10,16H,7-8,11H2,1-4H3. The average molecular weight is 333 g/mol. The Labute approximate surface area is 138 Å². The van der Waals surface area contributed by atoms with E-state index in [9.17, 15) is 8.42 Å². The number of aryl methyl sites for hydroxylation is 2. The maximum atomic E-state index is 13.4. The fourth-order valence-electron chi connectivity index (χ4n) is 3.01. The van der Waals surface area contributed by atoms with E-state index in [2.05, 4.69) is 6.07 Å². The lowest BCUT2D eigenvalue weighted by Crippen LogP contribution is -2.33. The van der Waals surface area contributed by atoms with Crippen LogP contribution < -0.4 is 0 Å². The van der Waals surface area contributed by atoms with Crippen molar-refractivity contribution in [3.05, 3.63) is 52.5 Å². The van der Waals surface area contributed by atoms with Crippen LogP contribution in [0.2, 0.25) is 0 Å². The van der Waals surface area contributed by atoms with Crippen LogP contribution in [0.5, 0.6) is 0 Å². The van der Waals surface area contributed by atoms with Crippen molar-refractivity contribution in [3.8, 4) is 0 Å². The zero-order valence-electron chi connectivity index (χ0n) is 14.1. The van der Waals surface area contributed by atoms with Crippen LogP contribution in [-0.2, 0) is 16.6 Å². The van der Waals surface area contributed by atoms with E-state index in [1.54, 1.807) is 16.6 Å². The number of hydrogen-bond acceptors (Lipinski definition) is 3. The molecule has 0 radical (unpaired) electrons. The first-order valence-electron chi connectivity index (χ1n) is 7.94. The van der Waals surface area contributed by atoms with Crippen LogP contribution in [0.25, 0.3) is 0 Å². The molecule has 1 aromatic heterocycles. The minimum atomic E-state index is -3.55. The highest BCUT2D eigenvalue weighted by atomic mass is 32.2. The van der Waals surface area contributed by atoms with E-state index < -0.39 is 10.0 Å². The fraction of sp³-hybridized carbons (Fsp3) is 0.444. The molecule has 0 unspecified atom stereocenters. The zero-order valence-corrected chi connectivity index (χ0v) is 14.9. The lowest BCUT2D eigenvalue weighted by molar-refractivity contribution is 0.356. The topological polar surface area (TPSA) is 50.5 Å². The van der Waals surface area contributed by atoms with Gasteiger partial charge in [0.1, 0.15) is 5.76 Å². The highest BCUT2D eigenvalue weighted by molar-refractivity contribution is 7.89. The van der Waals surface area contributed by atoms with Gasteiger partial charge >= 0.3 is 0 Å². The smallest absolute Gasteiger partial charge is 0.244 e. The third kappa shape index (κ3) is 2.95. The van der Waals surface area contributed by atoms with Gasteiger partial charge in [0.2, 0.25) is 10.0 Å². The van der Waals surface area contributed by atoms with Gasteiger partial charge in [0.05, 0.1) is 17.7 Å². The Morgan fingerprint density at radius 1 is 1.13 bits per heavy atom. The van der Waals surface area contributed by atoms with Gasteiger partial charge in [-0.2, -0.15) is 4.31 Å². The molecule has 1 heterocycles. The van der Waals surface area contributed by atoms with Gasteiger partial charge in [-0.05, 0) is 74.9 Å². The summed E-state index contributed by atoms with van der Waals surface area (Å²) in [6.07, 6.45) is 3.42. The Morgan fingerprint density at radius 2 is 1.74 bits per heavy atom. The summed E-state index contributed by atoms with van der Waals surface area (Å²) < 4.78 is 33.7. The SMILES string of the molecule is Cc1cc(C)c(C)c(S(=O)(=O)N(Cc2ccco2)C2CC2)c1C. The number of benzene rings is 1. The molecule has 5 heteroatoms. The third-order valence-corrected chi connectivity index (χ3v) is 6.88. The molecule has 1 fully saturated rings. The van der Waals surface area contributed by atoms with Crippen molar-refractivity contribution in [2.45, 2.75) is 58.0 Å². The molecule has 0 bridgehead atoms. The van der Waals surface area contributed by atoms with Gasteiger partial charge in [0.15, 0.2) is 0 Å². The highest BCUT2D eigenvalue weighted by Crippen LogP contribution is 2.36. The molecule has 124 valence electrons. The van der Waals surface area contributed by atoms with Crippen LogP contribution >= 0.6 is 0 Å². The number of hydrogen-bond donors (Lipinski definition) is 0. The lowest BCUT2D eigenvalue weighted by atomic mass is 10.0. The number of furan rings is 1. The summed E-state index contributed by atoms with van der Waals surface area (Å²) in [7, 11) is -3.55. The van der Waals surface area contributed by atoms with Gasteiger partial charge in [0, 0.05) is 6.04 Å². The van der Waals surface area contributed by atoms with Crippen molar-refractivity contribution in [3.63, 3.8) is 0 Å². The summed E-state index contributed by atoms with van der Waals surface area (Å²) in [5.41, 5.74) is 3.72. The van der Waals surface area contributed by atoms with Gasteiger partial charge < -0.3 is 4.42 Å². The molecular weight excluding hydrogens is 310 g/mol. The van der Waals surface area contributed by atoms with Crippen molar-refractivity contribution in [1.29, 1.82) is 0 Å². The Kier molecular flexibility index (Phi) is 4.10. The summed E-state index contributed by atoms with van der Waals surface area (Å²) in [6, 6.07) is 5.76. The van der Waals surface area contributed by atoms with Crippen LogP contribution in [0.1, 0.15) is 40.9 Å². The predicted octanol–water partition coefficient (Wildman–Crippen LogP) is 3.87. The van der Waals surface area contributed by atoms with Gasteiger partial charge in [-0.15, -0.1) is 0 Å². The first-order chi connectivity index (χ1) is 10.8. The Balaban J connectivity index is 2.09. The molecule has 1 aliphatic carbocycles. The molecule has 0 N–H and O–H groups in total. The van der Waals surface area contributed by atoms with E-state index >= 15 is 0 Å². The second-order valence-corrected chi connectivity index (χ2v) is 8.28. The molecule has 0 saturated heterocycles. The van der Waals surface area contributed by atoms with E-state index in [0.717, 1.165) is 35.1 Å². The summed E-state index contributed by atoms with van der Waals surface area (Å²) in [5, 5.41) is 0. The Bertz CT molecular complexity index is 792. The second kappa shape index (κ2) is 5.80. The van der Waals surface area contributed by atoms with Crippen molar-refractivity contribution in [2.75, 3.05) is 0 Å². The summed E-state index contributed by atoms with van der Waals surface area (Å²) in [5.74, 6) is 0.681. The van der Waals surface area contributed by atoms with Crippen LogP contribution in [0.4, 0.5) is 0 Å². The molecular formula is C18H23NO3S. The molecule has 3 rings (SSSR count). The van der Waals surface area contributed by atoms with Gasteiger partial charge in [0.25, 0.3) is 0 Å². The van der Waals surface area contributed by atoms with E-state index in [4.69, 9.17) is 4.42 Å². The molecule has 1 aliphatic rings. The Hall–Kier alpha value is -1.59. The van der Waals surface area contributed by atoms with Crippen LogP contribution in [-0.4, -0.2) is 18.8 Å². The summed E-state index contributed by atoms with van der Waals surface area (Å²) in [4.78, 5) is 0.466. The molecule has 0 aliphatic heterocycles. The molecule has 1 saturated carbocycles. The fourth-order valence-corrected chi connectivity index (χ4v) is 5.24. The molecule has 2 aromatic rings. The van der Waals surface area contributed by atoms with Crippen LogP contribution in [0.3, 0.4) is 0 Å². The van der Waals surface area contributed by atoms with E-state index in [0.29, 0.717) is 17.2 Å². The minimum Gasteiger partial charge on any atom is -0.468 e. The molecule has 0 spiro atoms. The van der Waals surface area contributed by atoms with Crippen molar-refractivity contribution < 1.29 is 12.8 Å². The van der Waals surface area contributed by atoms with Gasteiger partial charge in [-0.3, -0.25) is 0 Å². The number of sulfonamides is 1. The number of nitrogens with zero attached hydrogens (tertiary/aromatic N) is 1. The van der Waals surface area contributed by atoms with Crippen molar-refractivity contribution >= 4 is 10.0 Å². The monoisotopic (exact) mass is 333 g/mol. The maximum absolute atomic E-state index is 13.4. The molecule has 0 atom stereocenters. The molecule has 4 nitrogen and oxygen atoms in total. The summed E-state index contributed by atoms with van der Waals surface area (Å²) in [6.45, 7) is 8.02. The zero-order chi connectivity index (χ0) is 16.8. The largest absolute Gasteiger partial charge is 0.468 e. The quantitative estimate of drug-likeness (QED) is 0.834. The molecule has 23 heavy (non-hydrogen) atoms. The van der Waals surface area contributed by atoms with Gasteiger partial charge in [-0.1, -0.05) is 6.07 Å². The average Bonchev–Trinajstić information content (AvgIpc) is 3.18. The maximum Gasteiger partial charge on any atom is 0.244 e. The second-order valence-electron chi connectivity index (χ2n) is 6.45. The highest BCUT2D eigenvalue weighted by Gasteiger charge is 2.40. The van der Waals surface area contributed by atoms with E-state index in [1.807, 2.05) is 33.8 Å². The third-order valence-electron chi connectivity index (χ3n) is 4.71. The van der Waals surface area contributed by atoms with Crippen LogP contribution in [0, 0.1) is 27.7 Å². The minimum absolute atomic E-state index is 0.0877. The first kappa shape index (κ1) is 16.3. The molecule has 0 amide bonds. The lowest BCUT2D eigenvalue weighted by Gasteiger charge is -2.24. The van der Waals surface area contributed by atoms with Crippen molar-refractivity contribution in [2.24, 2.45) is 0 Å². The number of rotatable bonds is 5. The van der Waals surface area contributed by atoms with Crippen LogP contribution in [0.15, 0.2) is 33.8 Å². The predicted molar refractivity (Wildman–Crippen MR) is 89.8 cm³/mol.